The van der Waals surface area contributed by atoms with Crippen molar-refractivity contribution in [3.8, 4) is 5.69 Å². The lowest BCUT2D eigenvalue weighted by atomic mass is 10.0. The molecule has 18 heavy (non-hydrogen) atoms. The second-order valence-electron chi connectivity index (χ2n) is 4.57. The van der Waals surface area contributed by atoms with Crippen LogP contribution in [0.25, 0.3) is 11.8 Å². The quantitative estimate of drug-likeness (QED) is 0.770. The number of alkyl halides is 1. The highest BCUT2D eigenvalue weighted by molar-refractivity contribution is 9.09. The molecular weight excluding hydrogens is 288 g/mol. The van der Waals surface area contributed by atoms with Crippen LogP contribution in [0.15, 0.2) is 48.6 Å². The molecule has 0 aliphatic rings. The standard InChI is InChI=1S/C15H17BrN2/c1-12(2)14(10-16)9-13-3-5-15(6-4-13)18-8-7-17-11-18/h3-9,11-12H,10H2,1-2H3. The van der Waals surface area contributed by atoms with E-state index in [9.17, 15) is 0 Å². The maximum absolute atomic E-state index is 4.05. The van der Waals surface area contributed by atoms with E-state index >= 15 is 0 Å². The smallest absolute Gasteiger partial charge is 0.0991 e. The van der Waals surface area contributed by atoms with Crippen LogP contribution in [0, 0.1) is 5.92 Å². The topological polar surface area (TPSA) is 17.8 Å². The van der Waals surface area contributed by atoms with Gasteiger partial charge in [-0.1, -0.05) is 53.6 Å². The largest absolute Gasteiger partial charge is 0.306 e. The summed E-state index contributed by atoms with van der Waals surface area (Å²) in [7, 11) is 0. The zero-order valence-electron chi connectivity index (χ0n) is 10.7. The molecule has 2 rings (SSSR count). The minimum atomic E-state index is 0.567. The third-order valence-electron chi connectivity index (χ3n) is 2.94. The highest BCUT2D eigenvalue weighted by atomic mass is 79.9. The van der Waals surface area contributed by atoms with E-state index < -0.39 is 0 Å². The van der Waals surface area contributed by atoms with Crippen LogP contribution in [-0.2, 0) is 0 Å². The number of halogens is 1. The number of hydrogen-bond acceptors (Lipinski definition) is 1. The van der Waals surface area contributed by atoms with Gasteiger partial charge in [0, 0.05) is 23.4 Å². The fourth-order valence-electron chi connectivity index (χ4n) is 1.73. The Kier molecular flexibility index (Phi) is 4.37. The van der Waals surface area contributed by atoms with Crippen LogP contribution in [0.4, 0.5) is 0 Å². The summed E-state index contributed by atoms with van der Waals surface area (Å²) in [6.07, 6.45) is 7.79. The van der Waals surface area contributed by atoms with Crippen molar-refractivity contribution in [2.75, 3.05) is 5.33 Å². The van der Waals surface area contributed by atoms with Gasteiger partial charge in [-0.3, -0.25) is 0 Å². The number of hydrogen-bond donors (Lipinski definition) is 0. The van der Waals surface area contributed by atoms with Gasteiger partial charge in [-0.25, -0.2) is 4.98 Å². The molecule has 2 nitrogen and oxygen atoms in total. The van der Waals surface area contributed by atoms with Gasteiger partial charge >= 0.3 is 0 Å². The van der Waals surface area contributed by atoms with Gasteiger partial charge in [-0.15, -0.1) is 0 Å². The van der Waals surface area contributed by atoms with Crippen LogP contribution >= 0.6 is 15.9 Å². The monoisotopic (exact) mass is 304 g/mol. The molecule has 1 heterocycles. The summed E-state index contributed by atoms with van der Waals surface area (Å²) in [5.74, 6) is 0.567. The lowest BCUT2D eigenvalue weighted by Crippen LogP contribution is -1.95. The van der Waals surface area contributed by atoms with Crippen LogP contribution in [0.5, 0.6) is 0 Å². The Balaban J connectivity index is 2.23. The highest BCUT2D eigenvalue weighted by Crippen LogP contribution is 2.18. The normalized spacial score (nSPS) is 12.1. The zero-order valence-corrected chi connectivity index (χ0v) is 12.3. The predicted molar refractivity (Wildman–Crippen MR) is 80.2 cm³/mol. The molecule has 0 radical (unpaired) electrons. The summed E-state index contributed by atoms with van der Waals surface area (Å²) in [6, 6.07) is 8.50. The van der Waals surface area contributed by atoms with Gasteiger partial charge in [-0.05, 0) is 23.6 Å². The Morgan fingerprint density at radius 2 is 2.06 bits per heavy atom. The van der Waals surface area contributed by atoms with Crippen molar-refractivity contribution in [2.24, 2.45) is 5.92 Å². The van der Waals surface area contributed by atoms with Gasteiger partial charge in [0.1, 0.15) is 0 Å². The number of benzene rings is 1. The number of nitrogens with zero attached hydrogens (tertiary/aromatic N) is 2. The second kappa shape index (κ2) is 6.01. The summed E-state index contributed by atoms with van der Waals surface area (Å²) in [6.45, 7) is 4.43. The molecule has 0 unspecified atom stereocenters. The highest BCUT2D eigenvalue weighted by Gasteiger charge is 2.01. The molecule has 0 N–H and O–H groups in total. The molecule has 3 heteroatoms. The Morgan fingerprint density at radius 1 is 1.33 bits per heavy atom. The second-order valence-corrected chi connectivity index (χ2v) is 5.13. The molecule has 0 atom stereocenters. The van der Waals surface area contributed by atoms with E-state index in [1.165, 1.54) is 11.1 Å². The van der Waals surface area contributed by atoms with Gasteiger partial charge in [-0.2, -0.15) is 0 Å². The minimum absolute atomic E-state index is 0.567. The molecule has 0 saturated carbocycles. The molecule has 0 bridgehead atoms. The third kappa shape index (κ3) is 3.10. The summed E-state index contributed by atoms with van der Waals surface area (Å²) in [5.41, 5.74) is 3.78. The fraction of sp³-hybridized carbons (Fsp3) is 0.267. The van der Waals surface area contributed by atoms with Gasteiger partial charge in [0.2, 0.25) is 0 Å². The maximum Gasteiger partial charge on any atom is 0.0991 e. The molecule has 0 saturated heterocycles. The van der Waals surface area contributed by atoms with Crippen molar-refractivity contribution in [1.82, 2.24) is 9.55 Å². The first-order valence-corrected chi connectivity index (χ1v) is 7.17. The molecule has 0 aliphatic heterocycles. The molecule has 0 amide bonds. The molecule has 0 fully saturated rings. The summed E-state index contributed by atoms with van der Waals surface area (Å²) in [4.78, 5) is 4.05. The van der Waals surface area contributed by atoms with Crippen molar-refractivity contribution in [1.29, 1.82) is 0 Å². The first-order valence-electron chi connectivity index (χ1n) is 6.05. The number of rotatable bonds is 4. The Morgan fingerprint density at radius 3 is 2.56 bits per heavy atom. The average molecular weight is 305 g/mol. The molecule has 0 aliphatic carbocycles. The molecule has 2 aromatic rings. The van der Waals surface area contributed by atoms with E-state index in [0.717, 1.165) is 11.0 Å². The average Bonchev–Trinajstić information content (AvgIpc) is 2.90. The molecule has 0 spiro atoms. The molecular formula is C15H17BrN2. The van der Waals surface area contributed by atoms with Gasteiger partial charge in [0.05, 0.1) is 6.33 Å². The number of aromatic nitrogens is 2. The van der Waals surface area contributed by atoms with Crippen molar-refractivity contribution >= 4 is 22.0 Å². The Hall–Kier alpha value is -1.35. The lowest BCUT2D eigenvalue weighted by molar-refractivity contribution is 0.781. The zero-order chi connectivity index (χ0) is 13.0. The van der Waals surface area contributed by atoms with Crippen molar-refractivity contribution < 1.29 is 0 Å². The van der Waals surface area contributed by atoms with Gasteiger partial charge < -0.3 is 4.57 Å². The molecule has 94 valence electrons. The summed E-state index contributed by atoms with van der Waals surface area (Å²) >= 11 is 3.54. The van der Waals surface area contributed by atoms with E-state index in [1.54, 1.807) is 6.20 Å². The van der Waals surface area contributed by atoms with Crippen LogP contribution in [0.3, 0.4) is 0 Å². The predicted octanol–water partition coefficient (Wildman–Crippen LogP) is 4.31. The molecule has 1 aromatic carbocycles. The van der Waals surface area contributed by atoms with E-state index in [4.69, 9.17) is 0 Å². The van der Waals surface area contributed by atoms with E-state index in [2.05, 4.69) is 65.1 Å². The molecule has 1 aromatic heterocycles. The van der Waals surface area contributed by atoms with Crippen molar-refractivity contribution in [3.05, 3.63) is 54.1 Å². The SMILES string of the molecule is CC(C)C(=Cc1ccc(-n2ccnc2)cc1)CBr. The van der Waals surface area contributed by atoms with Crippen LogP contribution in [0.1, 0.15) is 19.4 Å². The van der Waals surface area contributed by atoms with Gasteiger partial charge in [0.25, 0.3) is 0 Å². The first kappa shape index (κ1) is 13.1. The Labute approximate surface area is 116 Å². The number of imidazole rings is 1. The van der Waals surface area contributed by atoms with E-state index in [1.807, 2.05) is 17.1 Å². The minimum Gasteiger partial charge on any atom is -0.306 e. The van der Waals surface area contributed by atoms with E-state index in [-0.39, 0.29) is 0 Å². The third-order valence-corrected chi connectivity index (χ3v) is 3.59. The maximum atomic E-state index is 4.05. The summed E-state index contributed by atoms with van der Waals surface area (Å²) < 4.78 is 2.00. The van der Waals surface area contributed by atoms with Crippen molar-refractivity contribution in [3.63, 3.8) is 0 Å². The van der Waals surface area contributed by atoms with Crippen LogP contribution in [-0.4, -0.2) is 14.9 Å². The van der Waals surface area contributed by atoms with Crippen LogP contribution < -0.4 is 0 Å². The number of allylic oxidation sites excluding steroid dienone is 1. The van der Waals surface area contributed by atoms with Crippen molar-refractivity contribution in [2.45, 2.75) is 13.8 Å². The fourth-order valence-corrected chi connectivity index (χ4v) is 2.54. The first-order chi connectivity index (χ1) is 8.70. The summed E-state index contributed by atoms with van der Waals surface area (Å²) in [5, 5.41) is 0.925. The van der Waals surface area contributed by atoms with E-state index in [0.29, 0.717) is 5.92 Å². The van der Waals surface area contributed by atoms with Gasteiger partial charge in [0.15, 0.2) is 0 Å². The lowest BCUT2D eigenvalue weighted by Gasteiger charge is -2.08. The van der Waals surface area contributed by atoms with Crippen LogP contribution in [0.2, 0.25) is 0 Å². The Bertz CT molecular complexity index is 510.